The Balaban J connectivity index is 2.02. The topological polar surface area (TPSA) is 80.3 Å². The highest BCUT2D eigenvalue weighted by Crippen LogP contribution is 2.17. The molecule has 0 aliphatic rings. The Morgan fingerprint density at radius 3 is 2.57 bits per heavy atom. The molecule has 0 unspecified atom stereocenters. The summed E-state index contributed by atoms with van der Waals surface area (Å²) in [7, 11) is 0. The summed E-state index contributed by atoms with van der Waals surface area (Å²) in [5.74, 6) is -0.446. The minimum Gasteiger partial charge on any atom is -0.462 e. The van der Waals surface area contributed by atoms with Crippen molar-refractivity contribution in [1.29, 1.82) is 0 Å². The first-order chi connectivity index (χ1) is 11.2. The van der Waals surface area contributed by atoms with E-state index in [-0.39, 0.29) is 0 Å². The number of amides is 2. The summed E-state index contributed by atoms with van der Waals surface area (Å²) in [5, 5.41) is 5.33. The number of rotatable bonds is 6. The molecule has 0 spiro atoms. The van der Waals surface area contributed by atoms with E-state index >= 15 is 0 Å². The summed E-state index contributed by atoms with van der Waals surface area (Å²) >= 11 is 0. The van der Waals surface area contributed by atoms with E-state index in [4.69, 9.17) is 4.74 Å². The van der Waals surface area contributed by atoms with E-state index in [0.29, 0.717) is 23.5 Å². The van der Waals surface area contributed by atoms with Crippen molar-refractivity contribution in [2.24, 2.45) is 0 Å². The molecule has 6 nitrogen and oxygen atoms in total. The third-order valence-electron chi connectivity index (χ3n) is 3.06. The molecule has 1 aromatic carbocycles. The third kappa shape index (κ3) is 5.10. The van der Waals surface area contributed by atoms with Crippen LogP contribution < -0.4 is 10.6 Å². The van der Waals surface area contributed by atoms with E-state index in [1.54, 1.807) is 48.8 Å². The summed E-state index contributed by atoms with van der Waals surface area (Å²) in [6.07, 6.45) is 4.91. The second kappa shape index (κ2) is 8.53. The van der Waals surface area contributed by atoms with Gasteiger partial charge in [-0.1, -0.05) is 25.5 Å². The molecule has 0 saturated heterocycles. The predicted octanol–water partition coefficient (Wildman–Crippen LogP) is 3.68. The quantitative estimate of drug-likeness (QED) is 0.629. The first-order valence-electron chi connectivity index (χ1n) is 7.45. The van der Waals surface area contributed by atoms with Gasteiger partial charge in [-0.2, -0.15) is 0 Å². The van der Waals surface area contributed by atoms with Crippen molar-refractivity contribution < 1.29 is 14.3 Å². The molecule has 0 bridgehead atoms. The van der Waals surface area contributed by atoms with E-state index < -0.39 is 12.0 Å². The number of benzene rings is 1. The molecule has 120 valence electrons. The smallest absolute Gasteiger partial charge is 0.340 e. The Morgan fingerprint density at radius 2 is 1.83 bits per heavy atom. The largest absolute Gasteiger partial charge is 0.462 e. The number of pyridine rings is 1. The fourth-order valence-corrected chi connectivity index (χ4v) is 1.88. The highest BCUT2D eigenvalue weighted by atomic mass is 16.5. The number of unbranched alkanes of at least 4 members (excludes halogenated alkanes) is 1. The van der Waals surface area contributed by atoms with Crippen LogP contribution in [-0.4, -0.2) is 23.6 Å². The van der Waals surface area contributed by atoms with Gasteiger partial charge in [0.1, 0.15) is 0 Å². The number of anilines is 2. The van der Waals surface area contributed by atoms with Crippen molar-refractivity contribution in [2.75, 3.05) is 17.2 Å². The summed E-state index contributed by atoms with van der Waals surface area (Å²) in [4.78, 5) is 28.0. The van der Waals surface area contributed by atoms with Crippen molar-refractivity contribution in [1.82, 2.24) is 4.98 Å². The van der Waals surface area contributed by atoms with Crippen LogP contribution in [0.3, 0.4) is 0 Å². The van der Waals surface area contributed by atoms with Crippen LogP contribution in [0.25, 0.3) is 0 Å². The van der Waals surface area contributed by atoms with Gasteiger partial charge in [-0.05, 0) is 30.7 Å². The van der Waals surface area contributed by atoms with E-state index in [1.807, 2.05) is 6.92 Å². The SMILES string of the molecule is CCCCOC(=O)c1ccccc1NC(=O)Nc1ccncc1. The van der Waals surface area contributed by atoms with Crippen LogP contribution in [-0.2, 0) is 4.74 Å². The second-order valence-corrected chi connectivity index (χ2v) is 4.85. The van der Waals surface area contributed by atoms with Crippen molar-refractivity contribution in [2.45, 2.75) is 19.8 Å². The lowest BCUT2D eigenvalue weighted by Crippen LogP contribution is -2.21. The number of carbonyl (C=O) groups is 2. The number of nitrogens with zero attached hydrogens (tertiary/aromatic N) is 1. The molecule has 0 aliphatic heterocycles. The van der Waals surface area contributed by atoms with Crippen LogP contribution in [0, 0.1) is 0 Å². The van der Waals surface area contributed by atoms with Gasteiger partial charge in [0.25, 0.3) is 0 Å². The molecule has 0 atom stereocenters. The predicted molar refractivity (Wildman–Crippen MR) is 88.5 cm³/mol. The molecular weight excluding hydrogens is 294 g/mol. The summed E-state index contributed by atoms with van der Waals surface area (Å²) in [6.45, 7) is 2.39. The Hall–Kier alpha value is -2.89. The van der Waals surface area contributed by atoms with E-state index in [9.17, 15) is 9.59 Å². The second-order valence-electron chi connectivity index (χ2n) is 4.85. The number of urea groups is 1. The number of hydrogen-bond acceptors (Lipinski definition) is 4. The van der Waals surface area contributed by atoms with Crippen molar-refractivity contribution in [3.63, 3.8) is 0 Å². The molecule has 0 aliphatic carbocycles. The average Bonchev–Trinajstić information content (AvgIpc) is 2.56. The van der Waals surface area contributed by atoms with Gasteiger partial charge >= 0.3 is 12.0 Å². The van der Waals surface area contributed by atoms with Gasteiger partial charge < -0.3 is 15.4 Å². The first kappa shape index (κ1) is 16.5. The Morgan fingerprint density at radius 1 is 1.09 bits per heavy atom. The molecule has 0 fully saturated rings. The molecule has 2 N–H and O–H groups in total. The molecule has 6 heteroatoms. The number of esters is 1. The van der Waals surface area contributed by atoms with Crippen molar-refractivity contribution in [3.05, 3.63) is 54.4 Å². The van der Waals surface area contributed by atoms with E-state index in [1.165, 1.54) is 0 Å². The lowest BCUT2D eigenvalue weighted by atomic mass is 10.2. The van der Waals surface area contributed by atoms with Crippen LogP contribution in [0.1, 0.15) is 30.1 Å². The Bertz CT molecular complexity index is 659. The summed E-state index contributed by atoms with van der Waals surface area (Å²) in [6, 6.07) is 9.64. The van der Waals surface area contributed by atoms with Crippen molar-refractivity contribution in [3.8, 4) is 0 Å². The molecule has 0 radical (unpaired) electrons. The van der Waals surface area contributed by atoms with Gasteiger partial charge in [0, 0.05) is 18.1 Å². The van der Waals surface area contributed by atoms with Crippen LogP contribution >= 0.6 is 0 Å². The molecular formula is C17H19N3O3. The highest BCUT2D eigenvalue weighted by Gasteiger charge is 2.14. The van der Waals surface area contributed by atoms with Crippen LogP contribution in [0.15, 0.2) is 48.8 Å². The first-order valence-corrected chi connectivity index (χ1v) is 7.45. The monoisotopic (exact) mass is 313 g/mol. The Kier molecular flexibility index (Phi) is 6.11. The number of aromatic nitrogens is 1. The molecule has 2 aromatic rings. The van der Waals surface area contributed by atoms with Crippen LogP contribution in [0.4, 0.5) is 16.2 Å². The number of nitrogens with one attached hydrogen (secondary N) is 2. The van der Waals surface area contributed by atoms with Crippen LogP contribution in [0.5, 0.6) is 0 Å². The van der Waals surface area contributed by atoms with Gasteiger partial charge in [0.2, 0.25) is 0 Å². The zero-order valence-electron chi connectivity index (χ0n) is 12.9. The lowest BCUT2D eigenvalue weighted by Gasteiger charge is -2.11. The molecule has 1 aromatic heterocycles. The minimum absolute atomic E-state index is 0.327. The summed E-state index contributed by atoms with van der Waals surface area (Å²) in [5.41, 5.74) is 1.34. The molecule has 2 rings (SSSR count). The van der Waals surface area contributed by atoms with E-state index in [2.05, 4.69) is 15.6 Å². The standard InChI is InChI=1S/C17H19N3O3/c1-2-3-12-23-16(21)14-6-4-5-7-15(14)20-17(22)19-13-8-10-18-11-9-13/h4-11H,2-3,12H2,1H3,(H2,18,19,20,22). The zero-order chi connectivity index (χ0) is 16.5. The fourth-order valence-electron chi connectivity index (χ4n) is 1.88. The Labute approximate surface area is 134 Å². The third-order valence-corrected chi connectivity index (χ3v) is 3.06. The van der Waals surface area contributed by atoms with Gasteiger partial charge in [-0.25, -0.2) is 9.59 Å². The number of para-hydroxylation sites is 1. The van der Waals surface area contributed by atoms with Gasteiger partial charge in [0.15, 0.2) is 0 Å². The lowest BCUT2D eigenvalue weighted by molar-refractivity contribution is 0.0501. The number of hydrogen-bond donors (Lipinski definition) is 2. The fraction of sp³-hybridized carbons (Fsp3) is 0.235. The molecule has 1 heterocycles. The molecule has 0 saturated carbocycles. The van der Waals surface area contributed by atoms with Crippen LogP contribution in [0.2, 0.25) is 0 Å². The normalized spacial score (nSPS) is 9.96. The van der Waals surface area contributed by atoms with Crippen molar-refractivity contribution >= 4 is 23.4 Å². The van der Waals surface area contributed by atoms with Gasteiger partial charge in [-0.3, -0.25) is 4.98 Å². The average molecular weight is 313 g/mol. The summed E-state index contributed by atoms with van der Waals surface area (Å²) < 4.78 is 5.19. The van der Waals surface area contributed by atoms with Gasteiger partial charge in [-0.15, -0.1) is 0 Å². The number of ether oxygens (including phenoxy) is 1. The number of carbonyl (C=O) groups excluding carboxylic acids is 2. The highest BCUT2D eigenvalue weighted by molar-refractivity contribution is 6.05. The zero-order valence-corrected chi connectivity index (χ0v) is 12.9. The molecule has 23 heavy (non-hydrogen) atoms. The minimum atomic E-state index is -0.446. The molecule has 2 amide bonds. The maximum atomic E-state index is 12.1. The van der Waals surface area contributed by atoms with Gasteiger partial charge in [0.05, 0.1) is 17.9 Å². The maximum Gasteiger partial charge on any atom is 0.340 e. The van der Waals surface area contributed by atoms with E-state index in [0.717, 1.165) is 12.8 Å². The maximum absolute atomic E-state index is 12.1.